The van der Waals surface area contributed by atoms with Crippen molar-refractivity contribution in [2.75, 3.05) is 19.8 Å². The molecule has 0 aliphatic rings. The number of aliphatic hydroxyl groups excluding tert-OH is 1. The van der Waals surface area contributed by atoms with Gasteiger partial charge >= 0.3 is 11.6 Å². The van der Waals surface area contributed by atoms with Gasteiger partial charge in [0.15, 0.2) is 8.32 Å². The molecule has 2 unspecified atom stereocenters. The first-order chi connectivity index (χ1) is 30.7. The molecule has 346 valence electrons. The zero-order valence-electron chi connectivity index (χ0n) is 37.5. The summed E-state index contributed by atoms with van der Waals surface area (Å²) in [6.07, 6.45) is 7.28. The van der Waals surface area contributed by atoms with Crippen molar-refractivity contribution in [2.24, 2.45) is 0 Å². The van der Waals surface area contributed by atoms with E-state index in [-0.39, 0.29) is 29.9 Å². The van der Waals surface area contributed by atoms with Crippen LogP contribution < -0.4 is 9.47 Å². The predicted octanol–water partition coefficient (Wildman–Crippen LogP) is 10.1. The molecule has 2 N–H and O–H groups in total. The average Bonchev–Trinajstić information content (AvgIpc) is 3.96. The second-order valence-electron chi connectivity index (χ2n) is 17.6. The first-order valence-electron chi connectivity index (χ1n) is 20.6. The van der Waals surface area contributed by atoms with Crippen molar-refractivity contribution >= 4 is 28.0 Å². The number of hydrogen-bond acceptors (Lipinski definition) is 13. The molecule has 0 fully saturated rings. The summed E-state index contributed by atoms with van der Waals surface area (Å²) >= 11 is 0. The molecule has 0 aliphatic carbocycles. The maximum absolute atomic E-state index is 14.8. The van der Waals surface area contributed by atoms with Crippen LogP contribution in [0.1, 0.15) is 44.1 Å². The van der Waals surface area contributed by atoms with Gasteiger partial charge in [-0.1, -0.05) is 40.4 Å². The van der Waals surface area contributed by atoms with Crippen LogP contribution in [0.5, 0.6) is 11.5 Å². The number of aromatic nitrogens is 6. The number of rotatable bonds is 19. The molecule has 65 heavy (non-hydrogen) atoms. The molecular weight excluding hydrogens is 879 g/mol. The molecule has 0 amide bonds. The smallest absolute Gasteiger partial charge is 0.406 e. The summed E-state index contributed by atoms with van der Waals surface area (Å²) in [5.74, 6) is -1.03. The number of aromatic amines is 1. The van der Waals surface area contributed by atoms with Crippen LogP contribution in [0.2, 0.25) is 43.8 Å². The standard InChI is InChI=1S/C28H41FN4O5Si2.C16H13FN4O4/c1-28(2,3)40(7,8)37-19-25(38-24-10-9-13-30-27(24)33(34)35)23-18-21(29)11-12-22(23)26-31-14-15-32(26)20-36-16-17-39(4,5)6;17-10-3-4-11(15-18-6-7-19-15)12(8-10)14(9-22)25-13-2-1-5-20-16(13)21(23)24/h9-15,18,25H,16-17,19-20H2,1-8H3;1-8,14,22H,9H2,(H,18,19). The van der Waals surface area contributed by atoms with Crippen molar-refractivity contribution < 1.29 is 42.4 Å². The van der Waals surface area contributed by atoms with Gasteiger partial charge in [-0.15, -0.1) is 0 Å². The van der Waals surface area contributed by atoms with Gasteiger partial charge in [0.2, 0.25) is 11.5 Å². The zero-order valence-corrected chi connectivity index (χ0v) is 39.5. The maximum Gasteiger partial charge on any atom is 0.406 e. The SMILES string of the molecule is CC(C)(C)[Si](C)(C)OCC(Oc1cccnc1[N+](=O)[O-])c1cc(F)ccc1-c1nccn1COCC[Si](C)(C)C.O=[N+]([O-])c1ncccc1OC(CO)c1cc(F)ccc1-c1ncc[nH]1. The minimum atomic E-state index is -2.26. The molecule has 0 aliphatic heterocycles. The van der Waals surface area contributed by atoms with E-state index in [0.29, 0.717) is 40.5 Å². The Kier molecular flexibility index (Phi) is 16.5. The number of H-pyrrole nitrogens is 1. The molecule has 4 heterocycles. The molecule has 21 heteroatoms. The monoisotopic (exact) mass is 932 g/mol. The molecular formula is C44H54F2N8O9Si2. The third kappa shape index (κ3) is 13.4. The van der Waals surface area contributed by atoms with E-state index in [1.807, 2.05) is 10.8 Å². The van der Waals surface area contributed by atoms with Gasteiger partial charge in [0.1, 0.15) is 54.6 Å². The van der Waals surface area contributed by atoms with E-state index in [9.17, 15) is 34.1 Å². The van der Waals surface area contributed by atoms with E-state index in [1.54, 1.807) is 24.5 Å². The summed E-state index contributed by atoms with van der Waals surface area (Å²) < 4.78 is 54.6. The third-order valence-corrected chi connectivity index (χ3v) is 16.8. The van der Waals surface area contributed by atoms with Crippen LogP contribution >= 0.6 is 0 Å². The Hall–Kier alpha value is -6.27. The lowest BCUT2D eigenvalue weighted by atomic mass is 10.0. The van der Waals surface area contributed by atoms with Crippen LogP contribution in [0.15, 0.2) is 97.8 Å². The Labute approximate surface area is 377 Å². The summed E-state index contributed by atoms with van der Waals surface area (Å²) in [5, 5.41) is 32.4. The van der Waals surface area contributed by atoms with Crippen LogP contribution in [-0.2, 0) is 15.9 Å². The molecule has 0 saturated heterocycles. The Morgan fingerprint density at radius 1 is 0.785 bits per heavy atom. The van der Waals surface area contributed by atoms with Crippen molar-refractivity contribution in [1.82, 2.24) is 29.5 Å². The fourth-order valence-electron chi connectivity index (χ4n) is 6.05. The highest BCUT2D eigenvalue weighted by Gasteiger charge is 2.39. The number of nitrogens with zero attached hydrogens (tertiary/aromatic N) is 7. The summed E-state index contributed by atoms with van der Waals surface area (Å²) in [6, 6.07) is 15.2. The topological polar surface area (TPSA) is 216 Å². The Bertz CT molecular complexity index is 2530. The number of nitrogens with one attached hydrogen (secondary N) is 1. The number of benzene rings is 2. The highest BCUT2D eigenvalue weighted by atomic mass is 28.4. The van der Waals surface area contributed by atoms with Crippen molar-refractivity contribution in [2.45, 2.75) is 83.5 Å². The first kappa shape index (κ1) is 49.7. The number of pyridine rings is 2. The van der Waals surface area contributed by atoms with Gasteiger partial charge in [-0.3, -0.25) is 0 Å². The van der Waals surface area contributed by atoms with Gasteiger partial charge in [0.25, 0.3) is 0 Å². The zero-order chi connectivity index (χ0) is 47.5. The molecule has 0 radical (unpaired) electrons. The fraction of sp³-hybridized carbons (Fsp3) is 0.364. The molecule has 0 saturated carbocycles. The second-order valence-corrected chi connectivity index (χ2v) is 28.0. The minimum absolute atomic E-state index is 0.0236. The lowest BCUT2D eigenvalue weighted by Gasteiger charge is -2.37. The number of hydrogen-bond donors (Lipinski definition) is 2. The van der Waals surface area contributed by atoms with E-state index in [0.717, 1.165) is 6.04 Å². The summed E-state index contributed by atoms with van der Waals surface area (Å²) in [4.78, 5) is 40.5. The molecule has 0 bridgehead atoms. The first-order valence-corrected chi connectivity index (χ1v) is 27.3. The van der Waals surface area contributed by atoms with E-state index >= 15 is 0 Å². The fourth-order valence-corrected chi connectivity index (χ4v) is 7.80. The van der Waals surface area contributed by atoms with Gasteiger partial charge < -0.3 is 53.5 Å². The largest absolute Gasteiger partial charge is 0.475 e. The van der Waals surface area contributed by atoms with Gasteiger partial charge in [0.05, 0.1) is 13.2 Å². The number of imidazole rings is 2. The summed E-state index contributed by atoms with van der Waals surface area (Å²) in [5.41, 5.74) is 1.90. The van der Waals surface area contributed by atoms with Gasteiger partial charge in [-0.05, 0) is 105 Å². The van der Waals surface area contributed by atoms with E-state index in [1.165, 1.54) is 67.1 Å². The number of nitro groups is 2. The third-order valence-electron chi connectivity index (χ3n) is 10.6. The molecule has 6 rings (SSSR count). The van der Waals surface area contributed by atoms with Crippen molar-refractivity contribution in [1.29, 1.82) is 0 Å². The molecule has 4 aromatic heterocycles. The normalized spacial score (nSPS) is 12.8. The van der Waals surface area contributed by atoms with Crippen LogP contribution in [0.3, 0.4) is 0 Å². The number of ether oxygens (including phenoxy) is 3. The van der Waals surface area contributed by atoms with Crippen LogP contribution in [-0.4, -0.2) is 80.7 Å². The molecule has 17 nitrogen and oxygen atoms in total. The van der Waals surface area contributed by atoms with Crippen molar-refractivity contribution in [3.8, 4) is 34.3 Å². The highest BCUT2D eigenvalue weighted by molar-refractivity contribution is 6.76. The van der Waals surface area contributed by atoms with E-state index in [2.05, 4.69) is 78.4 Å². The lowest BCUT2D eigenvalue weighted by molar-refractivity contribution is -0.390. The van der Waals surface area contributed by atoms with Crippen LogP contribution in [0, 0.1) is 31.9 Å². The molecule has 2 aromatic carbocycles. The number of halogens is 2. The number of aliphatic hydroxyl groups is 1. The summed E-state index contributed by atoms with van der Waals surface area (Å²) in [7, 11) is -3.51. The maximum atomic E-state index is 14.8. The van der Waals surface area contributed by atoms with Crippen molar-refractivity contribution in [3.05, 3.63) is 141 Å². The average molecular weight is 933 g/mol. The lowest BCUT2D eigenvalue weighted by Crippen LogP contribution is -2.42. The molecule has 6 aromatic rings. The Morgan fingerprint density at radius 3 is 1.88 bits per heavy atom. The van der Waals surface area contributed by atoms with Gasteiger partial charge in [0, 0.05) is 61.7 Å². The second kappa shape index (κ2) is 21.6. The molecule has 2 atom stereocenters. The minimum Gasteiger partial charge on any atom is -0.475 e. The Morgan fingerprint density at radius 2 is 1.35 bits per heavy atom. The van der Waals surface area contributed by atoms with E-state index < -0.39 is 68.3 Å². The highest BCUT2D eigenvalue weighted by Crippen LogP contribution is 2.40. The van der Waals surface area contributed by atoms with E-state index in [4.69, 9.17) is 18.6 Å². The van der Waals surface area contributed by atoms with Crippen molar-refractivity contribution in [3.63, 3.8) is 0 Å². The van der Waals surface area contributed by atoms with Crippen LogP contribution in [0.4, 0.5) is 20.4 Å². The quantitative estimate of drug-likeness (QED) is 0.0335. The van der Waals surface area contributed by atoms with Gasteiger partial charge in [-0.2, -0.15) is 0 Å². The molecule has 0 spiro atoms. The Balaban J connectivity index is 0.000000271. The van der Waals surface area contributed by atoms with Gasteiger partial charge in [-0.25, -0.2) is 18.7 Å². The van der Waals surface area contributed by atoms with Crippen LogP contribution in [0.25, 0.3) is 22.8 Å². The predicted molar refractivity (Wildman–Crippen MR) is 244 cm³/mol. The summed E-state index contributed by atoms with van der Waals surface area (Å²) in [6.45, 7) is 17.9.